The van der Waals surface area contributed by atoms with E-state index in [9.17, 15) is 0 Å². The van der Waals surface area contributed by atoms with Crippen molar-refractivity contribution >= 4 is 0 Å². The van der Waals surface area contributed by atoms with E-state index in [1.807, 2.05) is 0 Å². The molecule has 0 aliphatic carbocycles. The molecule has 2 rings (SSSR count). The van der Waals surface area contributed by atoms with Gasteiger partial charge in [-0.25, -0.2) is 0 Å². The van der Waals surface area contributed by atoms with Crippen molar-refractivity contribution in [2.45, 2.75) is 53.5 Å². The van der Waals surface area contributed by atoms with Crippen LogP contribution in [0.15, 0.2) is 34.4 Å². The van der Waals surface area contributed by atoms with E-state index in [0.29, 0.717) is 12.0 Å². The topological polar surface area (TPSA) is 3.24 Å². The quantitative estimate of drug-likeness (QED) is 0.622. The van der Waals surface area contributed by atoms with Crippen LogP contribution in [0.5, 0.6) is 0 Å². The predicted octanol–water partition coefficient (Wildman–Crippen LogP) is 4.33. The van der Waals surface area contributed by atoms with Crippen LogP contribution in [0.2, 0.25) is 0 Å². The van der Waals surface area contributed by atoms with Crippen LogP contribution in [0.4, 0.5) is 0 Å². The average Bonchev–Trinajstić information content (AvgIpc) is 2.30. The van der Waals surface area contributed by atoms with Gasteiger partial charge in [0.15, 0.2) is 0 Å². The fourth-order valence-electron chi connectivity index (χ4n) is 3.27. The Kier molecular flexibility index (Phi) is 4.11. The lowest BCUT2D eigenvalue weighted by molar-refractivity contribution is 0.210. The Balaban J connectivity index is 2.29. The first-order chi connectivity index (χ1) is 8.52. The Morgan fingerprint density at radius 3 is 2.56 bits per heavy atom. The molecular weight excluding hydrogens is 218 g/mol. The summed E-state index contributed by atoms with van der Waals surface area (Å²) in [4.78, 5) is 2.66. The van der Waals surface area contributed by atoms with Gasteiger partial charge in [0, 0.05) is 19.1 Å². The van der Waals surface area contributed by atoms with Crippen LogP contribution in [0.25, 0.3) is 0 Å². The molecular formula is C17H27N. The van der Waals surface area contributed by atoms with E-state index in [1.165, 1.54) is 25.9 Å². The molecule has 1 atom stereocenters. The Labute approximate surface area is 112 Å². The molecule has 0 aromatic carbocycles. The lowest BCUT2D eigenvalue weighted by Gasteiger charge is -2.43. The molecule has 1 saturated heterocycles. The van der Waals surface area contributed by atoms with Crippen molar-refractivity contribution in [3.63, 3.8) is 0 Å². The number of allylic oxidation sites excluding steroid dienone is 2. The summed E-state index contributed by atoms with van der Waals surface area (Å²) in [5.41, 5.74) is 6.36. The van der Waals surface area contributed by atoms with Crippen molar-refractivity contribution in [2.75, 3.05) is 13.1 Å². The molecule has 1 unspecified atom stereocenters. The molecule has 100 valence electrons. The maximum Gasteiger partial charge on any atom is 0.0388 e. The Hall–Kier alpha value is -0.820. The SMILES string of the molecule is C/C=C1\C(=C/C(C)C)CCN2CC(C)=C(C)CC12. The van der Waals surface area contributed by atoms with Gasteiger partial charge in [0.2, 0.25) is 0 Å². The number of hydrogen-bond donors (Lipinski definition) is 0. The zero-order valence-corrected chi connectivity index (χ0v) is 12.6. The lowest BCUT2D eigenvalue weighted by atomic mass is 9.82. The van der Waals surface area contributed by atoms with Crippen LogP contribution in [0, 0.1) is 5.92 Å². The zero-order valence-electron chi connectivity index (χ0n) is 12.6. The molecule has 0 saturated carbocycles. The molecule has 2 aliphatic heterocycles. The monoisotopic (exact) mass is 245 g/mol. The van der Waals surface area contributed by atoms with Gasteiger partial charge in [-0.1, -0.05) is 37.1 Å². The fraction of sp³-hybridized carbons (Fsp3) is 0.647. The summed E-state index contributed by atoms with van der Waals surface area (Å²) in [5, 5.41) is 0. The Bertz CT molecular complexity index is 409. The van der Waals surface area contributed by atoms with Crippen LogP contribution in [-0.4, -0.2) is 24.0 Å². The molecule has 0 amide bonds. The van der Waals surface area contributed by atoms with Gasteiger partial charge in [-0.3, -0.25) is 4.90 Å². The number of rotatable bonds is 1. The number of hydrogen-bond acceptors (Lipinski definition) is 1. The minimum absolute atomic E-state index is 0.637. The summed E-state index contributed by atoms with van der Waals surface area (Å²) in [7, 11) is 0. The summed E-state index contributed by atoms with van der Waals surface area (Å²) in [6.45, 7) is 13.8. The Morgan fingerprint density at radius 1 is 1.22 bits per heavy atom. The highest BCUT2D eigenvalue weighted by atomic mass is 15.2. The summed E-state index contributed by atoms with van der Waals surface area (Å²) >= 11 is 0. The first kappa shape index (κ1) is 13.6. The smallest absolute Gasteiger partial charge is 0.0388 e. The van der Waals surface area contributed by atoms with Gasteiger partial charge in [0.1, 0.15) is 0 Å². The second kappa shape index (κ2) is 5.44. The minimum atomic E-state index is 0.637. The van der Waals surface area contributed by atoms with Crippen LogP contribution in [-0.2, 0) is 0 Å². The predicted molar refractivity (Wildman–Crippen MR) is 79.6 cm³/mol. The number of fused-ring (bicyclic) bond motifs is 1. The van der Waals surface area contributed by atoms with Crippen molar-refractivity contribution < 1.29 is 0 Å². The molecule has 2 aliphatic rings. The van der Waals surface area contributed by atoms with Crippen molar-refractivity contribution in [3.8, 4) is 0 Å². The fourth-order valence-corrected chi connectivity index (χ4v) is 3.27. The summed E-state index contributed by atoms with van der Waals surface area (Å²) in [5.74, 6) is 0.656. The van der Waals surface area contributed by atoms with Gasteiger partial charge in [-0.2, -0.15) is 0 Å². The first-order valence-electron chi connectivity index (χ1n) is 7.29. The third-order valence-corrected chi connectivity index (χ3v) is 4.35. The molecule has 1 nitrogen and oxygen atoms in total. The van der Waals surface area contributed by atoms with Gasteiger partial charge >= 0.3 is 0 Å². The molecule has 18 heavy (non-hydrogen) atoms. The summed E-state index contributed by atoms with van der Waals surface area (Å²) in [6.07, 6.45) is 7.26. The molecule has 0 spiro atoms. The van der Waals surface area contributed by atoms with E-state index in [-0.39, 0.29) is 0 Å². The molecule has 1 heteroatoms. The van der Waals surface area contributed by atoms with E-state index in [1.54, 1.807) is 22.3 Å². The van der Waals surface area contributed by atoms with E-state index >= 15 is 0 Å². The first-order valence-corrected chi connectivity index (χ1v) is 7.29. The van der Waals surface area contributed by atoms with Crippen molar-refractivity contribution in [2.24, 2.45) is 5.92 Å². The molecule has 1 fully saturated rings. The molecule has 0 radical (unpaired) electrons. The molecule has 0 bridgehead atoms. The lowest BCUT2D eigenvalue weighted by Crippen LogP contribution is -2.45. The molecule has 0 aromatic heterocycles. The van der Waals surface area contributed by atoms with E-state index in [0.717, 1.165) is 0 Å². The zero-order chi connectivity index (χ0) is 13.3. The standard InChI is InChI=1S/C17H27N/c1-6-16-15(9-12(2)3)7-8-18-11-14(5)13(4)10-17(16)18/h6,9,12,17H,7-8,10-11H2,1-5H3/b15-9-,16-6+. The highest BCUT2D eigenvalue weighted by molar-refractivity contribution is 5.40. The number of nitrogens with zero attached hydrogens (tertiary/aromatic N) is 1. The van der Waals surface area contributed by atoms with Gasteiger partial charge in [-0.15, -0.1) is 0 Å². The maximum absolute atomic E-state index is 2.66. The van der Waals surface area contributed by atoms with E-state index < -0.39 is 0 Å². The van der Waals surface area contributed by atoms with Crippen LogP contribution in [0.3, 0.4) is 0 Å². The number of piperidine rings is 1. The van der Waals surface area contributed by atoms with Crippen molar-refractivity contribution in [1.82, 2.24) is 4.90 Å². The van der Waals surface area contributed by atoms with Crippen molar-refractivity contribution in [1.29, 1.82) is 0 Å². The average molecular weight is 245 g/mol. The van der Waals surface area contributed by atoms with Crippen LogP contribution in [0.1, 0.15) is 47.5 Å². The van der Waals surface area contributed by atoms with Gasteiger partial charge in [0.25, 0.3) is 0 Å². The maximum atomic E-state index is 2.66. The van der Waals surface area contributed by atoms with Gasteiger partial charge in [0.05, 0.1) is 0 Å². The summed E-state index contributed by atoms with van der Waals surface area (Å²) in [6, 6.07) is 0.637. The van der Waals surface area contributed by atoms with E-state index in [2.05, 4.69) is 51.7 Å². The third-order valence-electron chi connectivity index (χ3n) is 4.35. The minimum Gasteiger partial charge on any atom is -0.292 e. The van der Waals surface area contributed by atoms with Crippen molar-refractivity contribution in [3.05, 3.63) is 34.4 Å². The normalized spacial score (nSPS) is 30.4. The highest BCUT2D eigenvalue weighted by Crippen LogP contribution is 2.36. The molecule has 0 N–H and O–H groups in total. The molecule has 2 heterocycles. The summed E-state index contributed by atoms with van der Waals surface area (Å²) < 4.78 is 0. The van der Waals surface area contributed by atoms with Gasteiger partial charge < -0.3 is 0 Å². The largest absolute Gasteiger partial charge is 0.292 e. The Morgan fingerprint density at radius 2 is 1.94 bits per heavy atom. The van der Waals surface area contributed by atoms with Crippen LogP contribution < -0.4 is 0 Å². The third kappa shape index (κ3) is 2.61. The van der Waals surface area contributed by atoms with Crippen LogP contribution >= 0.6 is 0 Å². The molecule has 0 aromatic rings. The second-order valence-corrected chi connectivity index (χ2v) is 6.18. The van der Waals surface area contributed by atoms with E-state index in [4.69, 9.17) is 0 Å². The highest BCUT2D eigenvalue weighted by Gasteiger charge is 2.32. The second-order valence-electron chi connectivity index (χ2n) is 6.18. The van der Waals surface area contributed by atoms with Gasteiger partial charge in [-0.05, 0) is 50.7 Å².